The van der Waals surface area contributed by atoms with Gasteiger partial charge in [-0.15, -0.1) is 0 Å². The smallest absolute Gasteiger partial charge is 0.246 e. The minimum Gasteiger partial charge on any atom is -0.492 e. The summed E-state index contributed by atoms with van der Waals surface area (Å²) in [5.41, 5.74) is 1.73. The van der Waals surface area contributed by atoms with Crippen molar-refractivity contribution >= 4 is 11.6 Å². The van der Waals surface area contributed by atoms with Crippen LogP contribution in [-0.2, 0) is 4.79 Å². The van der Waals surface area contributed by atoms with Crippen molar-refractivity contribution in [1.29, 1.82) is 0 Å². The van der Waals surface area contributed by atoms with E-state index in [0.29, 0.717) is 12.4 Å². The van der Waals surface area contributed by atoms with Crippen molar-refractivity contribution in [3.05, 3.63) is 60.2 Å². The maximum absolute atomic E-state index is 13.2. The summed E-state index contributed by atoms with van der Waals surface area (Å²) < 4.78 is 5.65. The number of amides is 1. The van der Waals surface area contributed by atoms with Crippen molar-refractivity contribution in [1.82, 2.24) is 9.80 Å². The molecule has 1 heterocycles. The van der Waals surface area contributed by atoms with Crippen LogP contribution in [0.5, 0.6) is 5.75 Å². The number of hydrogen-bond acceptors (Lipinski definition) is 4. The van der Waals surface area contributed by atoms with E-state index in [0.717, 1.165) is 37.4 Å². The van der Waals surface area contributed by atoms with Crippen LogP contribution in [0.15, 0.2) is 54.6 Å². The summed E-state index contributed by atoms with van der Waals surface area (Å²) in [6, 6.07) is 17.3. The largest absolute Gasteiger partial charge is 0.492 e. The van der Waals surface area contributed by atoms with Crippen LogP contribution in [0.1, 0.15) is 18.5 Å². The molecule has 1 saturated heterocycles. The van der Waals surface area contributed by atoms with E-state index in [1.54, 1.807) is 0 Å². The molecule has 2 aromatic carbocycles. The molecular weight excluding hydrogens is 326 g/mol. The summed E-state index contributed by atoms with van der Waals surface area (Å²) in [6.45, 7) is 6.18. The Bertz CT molecular complexity index is 712. The third-order valence-electron chi connectivity index (χ3n) is 4.71. The van der Waals surface area contributed by atoms with Gasteiger partial charge in [0.2, 0.25) is 5.91 Å². The quantitative estimate of drug-likeness (QED) is 0.867. The number of rotatable bonds is 6. The molecule has 0 aliphatic carbocycles. The molecule has 3 rings (SSSR count). The highest BCUT2D eigenvalue weighted by Gasteiger charge is 2.30. The van der Waals surface area contributed by atoms with Crippen LogP contribution in [0.2, 0.25) is 0 Å². The third-order valence-corrected chi connectivity index (χ3v) is 4.71. The third kappa shape index (κ3) is 4.42. The van der Waals surface area contributed by atoms with E-state index in [4.69, 9.17) is 4.74 Å². The van der Waals surface area contributed by atoms with Gasteiger partial charge in [-0.1, -0.05) is 42.5 Å². The van der Waals surface area contributed by atoms with E-state index < -0.39 is 0 Å². The summed E-state index contributed by atoms with van der Waals surface area (Å²) in [4.78, 5) is 17.8. The Morgan fingerprint density at radius 2 is 1.69 bits per heavy atom. The van der Waals surface area contributed by atoms with Gasteiger partial charge in [-0.3, -0.25) is 9.69 Å². The molecule has 1 aliphatic rings. The van der Waals surface area contributed by atoms with E-state index in [1.807, 2.05) is 61.5 Å². The number of para-hydroxylation sites is 2. The number of likely N-dealkylation sites (N-methyl/N-ethyl adjacent to an activating group) is 1. The van der Waals surface area contributed by atoms with Crippen LogP contribution in [-0.4, -0.2) is 55.5 Å². The average Bonchev–Trinajstić information content (AvgIpc) is 2.66. The second-order valence-electron chi connectivity index (χ2n) is 6.57. The predicted octanol–water partition coefficient (Wildman–Crippen LogP) is 3.01. The number of hydrogen-bond donors (Lipinski definition) is 1. The average molecular weight is 353 g/mol. The molecule has 0 saturated carbocycles. The number of carbonyl (C=O) groups is 1. The Hall–Kier alpha value is -2.37. The van der Waals surface area contributed by atoms with Gasteiger partial charge >= 0.3 is 0 Å². The van der Waals surface area contributed by atoms with Crippen molar-refractivity contribution in [2.75, 3.05) is 45.2 Å². The zero-order valence-corrected chi connectivity index (χ0v) is 15.5. The monoisotopic (exact) mass is 353 g/mol. The SMILES string of the molecule is CCOc1ccccc1NC(=O)[C@@H](c1ccccc1)N1CCN(C)CC1. The molecule has 1 amide bonds. The highest BCUT2D eigenvalue weighted by molar-refractivity contribution is 5.96. The van der Waals surface area contributed by atoms with Gasteiger partial charge in [0.05, 0.1) is 12.3 Å². The van der Waals surface area contributed by atoms with Gasteiger partial charge in [-0.25, -0.2) is 0 Å². The molecule has 0 aromatic heterocycles. The van der Waals surface area contributed by atoms with Crippen LogP contribution < -0.4 is 10.1 Å². The zero-order valence-electron chi connectivity index (χ0n) is 15.5. The highest BCUT2D eigenvalue weighted by atomic mass is 16.5. The number of nitrogens with one attached hydrogen (secondary N) is 1. The lowest BCUT2D eigenvalue weighted by molar-refractivity contribution is -0.122. The minimum absolute atomic E-state index is 0.0205. The Balaban J connectivity index is 1.84. The van der Waals surface area contributed by atoms with Crippen LogP contribution in [0, 0.1) is 0 Å². The van der Waals surface area contributed by atoms with E-state index in [1.165, 1.54) is 0 Å². The van der Waals surface area contributed by atoms with Crippen LogP contribution in [0.25, 0.3) is 0 Å². The number of carbonyl (C=O) groups excluding carboxylic acids is 1. The van der Waals surface area contributed by atoms with Crippen LogP contribution >= 0.6 is 0 Å². The predicted molar refractivity (Wildman–Crippen MR) is 104 cm³/mol. The Kier molecular flexibility index (Phi) is 6.26. The fourth-order valence-corrected chi connectivity index (χ4v) is 3.30. The van der Waals surface area contributed by atoms with Crippen LogP contribution in [0.3, 0.4) is 0 Å². The maximum Gasteiger partial charge on any atom is 0.246 e. The van der Waals surface area contributed by atoms with E-state index in [2.05, 4.69) is 22.2 Å². The molecule has 1 fully saturated rings. The van der Waals surface area contributed by atoms with Gasteiger partial charge in [0.1, 0.15) is 11.8 Å². The number of nitrogens with zero attached hydrogens (tertiary/aromatic N) is 2. The minimum atomic E-state index is -0.306. The first-order valence-corrected chi connectivity index (χ1v) is 9.19. The Morgan fingerprint density at radius 1 is 1.04 bits per heavy atom. The summed E-state index contributed by atoms with van der Waals surface area (Å²) in [7, 11) is 2.12. The second kappa shape index (κ2) is 8.83. The second-order valence-corrected chi connectivity index (χ2v) is 6.57. The van der Waals surface area contributed by atoms with Gasteiger partial charge in [-0.2, -0.15) is 0 Å². The number of benzene rings is 2. The molecule has 138 valence electrons. The number of anilines is 1. The van der Waals surface area contributed by atoms with Crippen molar-refractivity contribution in [2.24, 2.45) is 0 Å². The molecule has 2 aromatic rings. The Morgan fingerprint density at radius 3 is 2.38 bits per heavy atom. The molecular formula is C21H27N3O2. The van der Waals surface area contributed by atoms with Gasteiger partial charge in [-0.05, 0) is 31.7 Å². The van der Waals surface area contributed by atoms with Crippen LogP contribution in [0.4, 0.5) is 5.69 Å². The first-order valence-electron chi connectivity index (χ1n) is 9.19. The van der Waals surface area contributed by atoms with E-state index in [-0.39, 0.29) is 11.9 Å². The summed E-state index contributed by atoms with van der Waals surface area (Å²) in [5, 5.41) is 3.08. The Labute approximate surface area is 155 Å². The summed E-state index contributed by atoms with van der Waals surface area (Å²) in [5.74, 6) is 0.682. The van der Waals surface area contributed by atoms with Gasteiger partial charge < -0.3 is 15.0 Å². The lowest BCUT2D eigenvalue weighted by Gasteiger charge is -2.37. The van der Waals surface area contributed by atoms with Gasteiger partial charge in [0.25, 0.3) is 0 Å². The normalized spacial score (nSPS) is 16.8. The first kappa shape index (κ1) is 18.4. The molecule has 1 aliphatic heterocycles. The lowest BCUT2D eigenvalue weighted by Crippen LogP contribution is -2.48. The topological polar surface area (TPSA) is 44.8 Å². The fraction of sp³-hybridized carbons (Fsp3) is 0.381. The number of piperazine rings is 1. The highest BCUT2D eigenvalue weighted by Crippen LogP contribution is 2.28. The van der Waals surface area contributed by atoms with Crippen molar-refractivity contribution < 1.29 is 9.53 Å². The van der Waals surface area contributed by atoms with Crippen molar-refractivity contribution in [3.63, 3.8) is 0 Å². The fourth-order valence-electron chi connectivity index (χ4n) is 3.30. The van der Waals surface area contributed by atoms with Crippen molar-refractivity contribution in [3.8, 4) is 5.75 Å². The molecule has 0 bridgehead atoms. The molecule has 0 radical (unpaired) electrons. The first-order chi connectivity index (χ1) is 12.7. The van der Waals surface area contributed by atoms with E-state index >= 15 is 0 Å². The lowest BCUT2D eigenvalue weighted by atomic mass is 10.0. The molecule has 26 heavy (non-hydrogen) atoms. The molecule has 1 atom stereocenters. The molecule has 0 spiro atoms. The van der Waals surface area contributed by atoms with E-state index in [9.17, 15) is 4.79 Å². The maximum atomic E-state index is 13.2. The summed E-state index contributed by atoms with van der Waals surface area (Å²) in [6.07, 6.45) is 0. The zero-order chi connectivity index (χ0) is 18.4. The van der Waals surface area contributed by atoms with Crippen molar-refractivity contribution in [2.45, 2.75) is 13.0 Å². The standard InChI is InChI=1S/C21H27N3O2/c1-3-26-19-12-8-7-11-18(19)22-21(25)20(17-9-5-4-6-10-17)24-15-13-23(2)14-16-24/h4-12,20H,3,13-16H2,1-2H3,(H,22,25)/t20-/m1/s1. The van der Waals surface area contributed by atoms with Gasteiger partial charge in [0, 0.05) is 26.2 Å². The van der Waals surface area contributed by atoms with Gasteiger partial charge in [0.15, 0.2) is 0 Å². The number of ether oxygens (including phenoxy) is 1. The molecule has 0 unspecified atom stereocenters. The molecule has 1 N–H and O–H groups in total. The summed E-state index contributed by atoms with van der Waals surface area (Å²) >= 11 is 0. The molecule has 5 nitrogen and oxygen atoms in total. The molecule has 5 heteroatoms.